The van der Waals surface area contributed by atoms with Crippen LogP contribution in [0.2, 0.25) is 0 Å². The van der Waals surface area contributed by atoms with Crippen molar-refractivity contribution in [1.29, 1.82) is 0 Å². The van der Waals surface area contributed by atoms with Crippen LogP contribution in [0.3, 0.4) is 0 Å². The lowest BCUT2D eigenvalue weighted by Crippen LogP contribution is -2.37. The normalized spacial score (nSPS) is 13.0. The zero-order chi connectivity index (χ0) is 21.0. The minimum Gasteiger partial charge on any atom is -0.469 e. The highest BCUT2D eigenvalue weighted by Gasteiger charge is 2.25. The SMILES string of the molecule is COC(=O)CC1=CC(=O)N(CC(=O)Nc2ccc(Br)cc2F)c2ccccc2N1. The van der Waals surface area contributed by atoms with E-state index >= 15 is 0 Å². The lowest BCUT2D eigenvalue weighted by atomic mass is 10.2. The van der Waals surface area contributed by atoms with Gasteiger partial charge < -0.3 is 15.4 Å². The topological polar surface area (TPSA) is 87.7 Å². The number of esters is 1. The monoisotopic (exact) mass is 461 g/mol. The van der Waals surface area contributed by atoms with Crippen molar-refractivity contribution in [2.24, 2.45) is 0 Å². The Morgan fingerprint density at radius 1 is 1.24 bits per heavy atom. The lowest BCUT2D eigenvalue weighted by molar-refractivity contribution is -0.139. The van der Waals surface area contributed by atoms with Crippen LogP contribution in [0.25, 0.3) is 0 Å². The second-order valence-corrected chi connectivity index (χ2v) is 7.08. The maximum absolute atomic E-state index is 14.0. The Labute approximate surface area is 174 Å². The Bertz CT molecular complexity index is 1010. The number of benzene rings is 2. The van der Waals surface area contributed by atoms with Crippen molar-refractivity contribution in [3.63, 3.8) is 0 Å². The van der Waals surface area contributed by atoms with Gasteiger partial charge in [0.25, 0.3) is 5.91 Å². The summed E-state index contributed by atoms with van der Waals surface area (Å²) in [5.74, 6) is -2.17. The second kappa shape index (κ2) is 8.87. The van der Waals surface area contributed by atoms with Gasteiger partial charge in [-0.05, 0) is 30.3 Å². The van der Waals surface area contributed by atoms with Gasteiger partial charge in [0.1, 0.15) is 12.4 Å². The zero-order valence-electron chi connectivity index (χ0n) is 15.4. The molecule has 0 radical (unpaired) electrons. The van der Waals surface area contributed by atoms with E-state index in [4.69, 9.17) is 0 Å². The molecule has 2 N–H and O–H groups in total. The fraction of sp³-hybridized carbons (Fsp3) is 0.150. The number of para-hydroxylation sites is 2. The van der Waals surface area contributed by atoms with Gasteiger partial charge in [0.15, 0.2) is 0 Å². The number of hydrogen-bond acceptors (Lipinski definition) is 5. The number of carbonyl (C=O) groups is 3. The number of carbonyl (C=O) groups excluding carboxylic acids is 3. The molecule has 0 unspecified atom stereocenters. The van der Waals surface area contributed by atoms with E-state index in [0.717, 1.165) is 0 Å². The van der Waals surface area contributed by atoms with E-state index < -0.39 is 23.6 Å². The van der Waals surface area contributed by atoms with Crippen molar-refractivity contribution in [2.75, 3.05) is 29.2 Å². The number of nitrogens with zero attached hydrogens (tertiary/aromatic N) is 1. The molecule has 0 aromatic heterocycles. The Morgan fingerprint density at radius 3 is 2.72 bits per heavy atom. The van der Waals surface area contributed by atoms with Crippen LogP contribution in [-0.2, 0) is 19.1 Å². The van der Waals surface area contributed by atoms with Crippen LogP contribution in [0.15, 0.2) is 58.7 Å². The standard InChI is InChI=1S/C20H17BrFN3O4/c1-29-20(28)10-13-9-19(27)25(17-5-3-2-4-16(17)23-13)11-18(26)24-15-7-6-12(21)8-14(15)22/h2-9,23H,10-11H2,1H3,(H,24,26). The van der Waals surface area contributed by atoms with Crippen molar-refractivity contribution < 1.29 is 23.5 Å². The summed E-state index contributed by atoms with van der Waals surface area (Å²) in [4.78, 5) is 38.1. The van der Waals surface area contributed by atoms with Gasteiger partial charge >= 0.3 is 5.97 Å². The largest absolute Gasteiger partial charge is 0.469 e. The number of rotatable bonds is 5. The quantitative estimate of drug-likeness (QED) is 0.665. The predicted molar refractivity (Wildman–Crippen MR) is 110 cm³/mol. The number of ether oxygens (including phenoxy) is 1. The third-order valence-corrected chi connectivity index (χ3v) is 4.62. The summed E-state index contributed by atoms with van der Waals surface area (Å²) in [5.41, 5.74) is 1.36. The minimum absolute atomic E-state index is 0.00815. The molecule has 9 heteroatoms. The number of anilines is 3. The molecule has 0 atom stereocenters. The van der Waals surface area contributed by atoms with Gasteiger partial charge in [0.2, 0.25) is 5.91 Å². The van der Waals surface area contributed by atoms with Crippen LogP contribution in [0.1, 0.15) is 6.42 Å². The lowest BCUT2D eigenvalue weighted by Gasteiger charge is -2.21. The molecule has 3 rings (SSSR count). The maximum Gasteiger partial charge on any atom is 0.311 e. The number of halogens is 2. The highest BCUT2D eigenvalue weighted by Crippen LogP contribution is 2.30. The van der Waals surface area contributed by atoms with Gasteiger partial charge in [0, 0.05) is 16.2 Å². The average Bonchev–Trinajstić information content (AvgIpc) is 2.80. The molecule has 1 heterocycles. The Balaban J connectivity index is 1.84. The highest BCUT2D eigenvalue weighted by atomic mass is 79.9. The molecule has 2 amide bonds. The first-order valence-electron chi connectivity index (χ1n) is 8.57. The number of methoxy groups -OCH3 is 1. The summed E-state index contributed by atoms with van der Waals surface area (Å²) in [6, 6.07) is 11.1. The van der Waals surface area contributed by atoms with E-state index in [9.17, 15) is 18.8 Å². The highest BCUT2D eigenvalue weighted by molar-refractivity contribution is 9.10. The van der Waals surface area contributed by atoms with E-state index in [0.29, 0.717) is 21.5 Å². The van der Waals surface area contributed by atoms with Gasteiger partial charge in [-0.2, -0.15) is 0 Å². The van der Waals surface area contributed by atoms with Gasteiger partial charge in [-0.3, -0.25) is 19.3 Å². The van der Waals surface area contributed by atoms with Crippen molar-refractivity contribution in [3.8, 4) is 0 Å². The van der Waals surface area contributed by atoms with Crippen LogP contribution >= 0.6 is 15.9 Å². The molecule has 150 valence electrons. The second-order valence-electron chi connectivity index (χ2n) is 6.16. The van der Waals surface area contributed by atoms with Gasteiger partial charge in [-0.1, -0.05) is 28.1 Å². The summed E-state index contributed by atoms with van der Waals surface area (Å²) in [6.45, 7) is -0.338. The minimum atomic E-state index is -0.600. The first-order valence-corrected chi connectivity index (χ1v) is 9.36. The molecule has 1 aliphatic rings. The molecule has 2 aromatic carbocycles. The molecule has 0 spiro atoms. The molecule has 2 aromatic rings. The number of fused-ring (bicyclic) bond motifs is 1. The van der Waals surface area contributed by atoms with Crippen LogP contribution < -0.4 is 15.5 Å². The fourth-order valence-electron chi connectivity index (χ4n) is 2.78. The molecule has 0 aliphatic carbocycles. The summed E-state index contributed by atoms with van der Waals surface area (Å²) >= 11 is 3.15. The Morgan fingerprint density at radius 2 is 2.00 bits per heavy atom. The number of hydrogen-bond donors (Lipinski definition) is 2. The number of amides is 2. The van der Waals surface area contributed by atoms with Crippen molar-refractivity contribution in [3.05, 3.63) is 64.5 Å². The first kappa shape index (κ1) is 20.5. The van der Waals surface area contributed by atoms with E-state index in [1.165, 1.54) is 30.2 Å². The van der Waals surface area contributed by atoms with Crippen LogP contribution in [-0.4, -0.2) is 31.4 Å². The van der Waals surface area contributed by atoms with Crippen molar-refractivity contribution in [1.82, 2.24) is 0 Å². The average molecular weight is 462 g/mol. The summed E-state index contributed by atoms with van der Waals surface area (Å²) < 4.78 is 19.2. The van der Waals surface area contributed by atoms with Crippen LogP contribution in [0.5, 0.6) is 0 Å². The molecule has 1 aliphatic heterocycles. The third kappa shape index (κ3) is 5.00. The molecule has 0 saturated heterocycles. The van der Waals surface area contributed by atoms with E-state index in [-0.39, 0.29) is 18.7 Å². The van der Waals surface area contributed by atoms with Gasteiger partial charge in [-0.15, -0.1) is 0 Å². The molecule has 0 bridgehead atoms. The van der Waals surface area contributed by atoms with Crippen LogP contribution in [0, 0.1) is 5.82 Å². The van der Waals surface area contributed by atoms with Gasteiger partial charge in [-0.25, -0.2) is 4.39 Å². The summed E-state index contributed by atoms with van der Waals surface area (Å²) in [5, 5.41) is 5.49. The fourth-order valence-corrected chi connectivity index (χ4v) is 3.11. The number of nitrogens with one attached hydrogen (secondary N) is 2. The maximum atomic E-state index is 14.0. The van der Waals surface area contributed by atoms with Crippen LogP contribution in [0.4, 0.5) is 21.5 Å². The molecule has 7 nitrogen and oxygen atoms in total. The zero-order valence-corrected chi connectivity index (χ0v) is 17.0. The Hall–Kier alpha value is -3.20. The molecule has 0 fully saturated rings. The first-order chi connectivity index (χ1) is 13.9. The summed E-state index contributed by atoms with van der Waals surface area (Å²) in [6.07, 6.45) is 1.12. The molecule has 29 heavy (non-hydrogen) atoms. The Kier molecular flexibility index (Phi) is 6.28. The predicted octanol–water partition coefficient (Wildman–Crippen LogP) is 3.43. The molecular weight excluding hydrogens is 445 g/mol. The summed E-state index contributed by atoms with van der Waals surface area (Å²) in [7, 11) is 1.26. The smallest absolute Gasteiger partial charge is 0.311 e. The van der Waals surface area contributed by atoms with E-state index in [2.05, 4.69) is 31.3 Å². The third-order valence-electron chi connectivity index (χ3n) is 4.12. The molecular formula is C20H17BrFN3O4. The molecule has 0 saturated carbocycles. The van der Waals surface area contributed by atoms with E-state index in [1.54, 1.807) is 30.3 Å². The van der Waals surface area contributed by atoms with Gasteiger partial charge in [0.05, 0.1) is 30.6 Å². The van der Waals surface area contributed by atoms with Crippen molar-refractivity contribution in [2.45, 2.75) is 6.42 Å². The van der Waals surface area contributed by atoms with E-state index in [1.807, 2.05) is 0 Å². The van der Waals surface area contributed by atoms with Crippen molar-refractivity contribution >= 4 is 50.8 Å².